The number of esters is 1. The molecule has 0 radical (unpaired) electrons. The zero-order valence-electron chi connectivity index (χ0n) is 34.0. The summed E-state index contributed by atoms with van der Waals surface area (Å²) in [5.74, 6) is 1.08. The number of hydrogen-bond donors (Lipinski definition) is 0. The Hall–Kier alpha value is -3.11. The fourth-order valence-electron chi connectivity index (χ4n) is 6.95. The molecule has 1 unspecified atom stereocenters. The van der Waals surface area contributed by atoms with Gasteiger partial charge in [0.1, 0.15) is 11.5 Å². The van der Waals surface area contributed by atoms with Crippen LogP contribution in [0.5, 0.6) is 11.5 Å². The lowest BCUT2D eigenvalue weighted by atomic mass is 10.0. The Morgan fingerprint density at radius 2 is 0.830 bits per heavy atom. The topological polar surface area (TPSA) is 44.8 Å². The van der Waals surface area contributed by atoms with Gasteiger partial charge < -0.3 is 14.2 Å². The van der Waals surface area contributed by atoms with Crippen molar-refractivity contribution in [2.45, 2.75) is 181 Å². The highest BCUT2D eigenvalue weighted by atomic mass is 16.5. The van der Waals surface area contributed by atoms with Gasteiger partial charge in [0.05, 0.1) is 18.3 Å². The summed E-state index contributed by atoms with van der Waals surface area (Å²) in [6, 6.07) is 23.5. The minimum Gasteiger partial charge on any atom is -0.494 e. The number of ether oxygens (including phenoxy) is 3. The standard InChI is InChI=1S/C49H74O4/c1-4-6-8-10-12-14-16-17-18-19-21-22-24-26-40-51-42(3)43-32-38-48(39-33-43)53-49(50)46-30-28-44(29-31-46)45-34-36-47(37-35-45)52-41-27-25-23-20-15-13-11-9-7-5-2/h28-39,42H,4-27,40-41H2,1-3H3. The second kappa shape index (κ2) is 29.3. The number of carbonyl (C=O) groups is 1. The van der Waals surface area contributed by atoms with Crippen LogP contribution in [0.25, 0.3) is 11.1 Å². The molecule has 0 aliphatic rings. The molecule has 53 heavy (non-hydrogen) atoms. The van der Waals surface area contributed by atoms with Crippen LogP contribution in [0.15, 0.2) is 72.8 Å². The van der Waals surface area contributed by atoms with Crippen LogP contribution in [0.4, 0.5) is 0 Å². The molecule has 3 rings (SSSR count). The Morgan fingerprint density at radius 3 is 1.28 bits per heavy atom. The van der Waals surface area contributed by atoms with Gasteiger partial charge in [-0.1, -0.05) is 192 Å². The predicted molar refractivity (Wildman–Crippen MR) is 225 cm³/mol. The summed E-state index contributed by atoms with van der Waals surface area (Å²) in [5, 5.41) is 0. The first kappa shape index (κ1) is 44.3. The number of rotatable bonds is 32. The highest BCUT2D eigenvalue weighted by molar-refractivity contribution is 5.91. The van der Waals surface area contributed by atoms with E-state index >= 15 is 0 Å². The van der Waals surface area contributed by atoms with Crippen molar-refractivity contribution in [3.05, 3.63) is 83.9 Å². The Bertz CT molecular complexity index is 1300. The van der Waals surface area contributed by atoms with E-state index in [0.717, 1.165) is 48.5 Å². The van der Waals surface area contributed by atoms with Crippen molar-refractivity contribution in [3.8, 4) is 22.6 Å². The van der Waals surface area contributed by atoms with Crippen molar-refractivity contribution in [3.63, 3.8) is 0 Å². The summed E-state index contributed by atoms with van der Waals surface area (Å²) in [4.78, 5) is 12.9. The molecule has 0 saturated carbocycles. The quantitative estimate of drug-likeness (QED) is 0.0365. The lowest BCUT2D eigenvalue weighted by Gasteiger charge is -2.14. The van der Waals surface area contributed by atoms with E-state index < -0.39 is 0 Å². The van der Waals surface area contributed by atoms with E-state index in [4.69, 9.17) is 14.2 Å². The Balaban J connectivity index is 1.24. The molecule has 0 amide bonds. The zero-order chi connectivity index (χ0) is 37.6. The van der Waals surface area contributed by atoms with Gasteiger partial charge in [-0.25, -0.2) is 4.79 Å². The maximum Gasteiger partial charge on any atom is 0.343 e. The van der Waals surface area contributed by atoms with Gasteiger partial charge in [-0.3, -0.25) is 0 Å². The molecule has 4 nitrogen and oxygen atoms in total. The van der Waals surface area contributed by atoms with Gasteiger partial charge in [0.15, 0.2) is 0 Å². The maximum atomic E-state index is 12.9. The third-order valence-electron chi connectivity index (χ3n) is 10.5. The van der Waals surface area contributed by atoms with Crippen molar-refractivity contribution in [2.75, 3.05) is 13.2 Å². The molecule has 0 N–H and O–H groups in total. The van der Waals surface area contributed by atoms with E-state index in [2.05, 4.69) is 32.9 Å². The van der Waals surface area contributed by atoms with E-state index in [0.29, 0.717) is 11.3 Å². The normalized spacial score (nSPS) is 11.8. The van der Waals surface area contributed by atoms with Crippen LogP contribution in [-0.4, -0.2) is 19.2 Å². The molecule has 0 aliphatic heterocycles. The third kappa shape index (κ3) is 20.2. The van der Waals surface area contributed by atoms with Crippen LogP contribution in [0.1, 0.15) is 197 Å². The van der Waals surface area contributed by atoms with Crippen LogP contribution >= 0.6 is 0 Å². The van der Waals surface area contributed by atoms with Crippen LogP contribution in [0, 0.1) is 0 Å². The van der Waals surface area contributed by atoms with E-state index in [-0.39, 0.29) is 12.1 Å². The SMILES string of the molecule is CCCCCCCCCCCCCCCCOC(C)c1ccc(OC(=O)c2ccc(-c3ccc(OCCCCCCCCCCCC)cc3)cc2)cc1. The van der Waals surface area contributed by atoms with Crippen LogP contribution in [0.2, 0.25) is 0 Å². The summed E-state index contributed by atoms with van der Waals surface area (Å²) in [6.45, 7) is 8.19. The molecule has 0 saturated heterocycles. The Morgan fingerprint density at radius 1 is 0.453 bits per heavy atom. The molecule has 0 spiro atoms. The molecular formula is C49H74O4. The van der Waals surface area contributed by atoms with E-state index in [1.807, 2.05) is 60.7 Å². The van der Waals surface area contributed by atoms with Gasteiger partial charge >= 0.3 is 5.97 Å². The Kier molecular flexibility index (Phi) is 24.5. The predicted octanol–water partition coefficient (Wildman–Crippen LogP) is 15.4. The fraction of sp³-hybridized carbons (Fsp3) is 0.612. The number of hydrogen-bond acceptors (Lipinski definition) is 4. The molecule has 0 aromatic heterocycles. The highest BCUT2D eigenvalue weighted by Crippen LogP contribution is 2.25. The molecule has 0 fully saturated rings. The minimum absolute atomic E-state index is 0.0134. The van der Waals surface area contributed by atoms with Gasteiger partial charge in [-0.2, -0.15) is 0 Å². The summed E-state index contributed by atoms with van der Waals surface area (Å²) < 4.78 is 17.8. The highest BCUT2D eigenvalue weighted by Gasteiger charge is 2.11. The minimum atomic E-state index is -0.359. The first-order valence-corrected chi connectivity index (χ1v) is 21.9. The zero-order valence-corrected chi connectivity index (χ0v) is 34.0. The van der Waals surface area contributed by atoms with Gasteiger partial charge in [0, 0.05) is 6.61 Å². The summed E-state index contributed by atoms with van der Waals surface area (Å²) in [6.07, 6.45) is 32.3. The van der Waals surface area contributed by atoms with Crippen LogP contribution in [0.3, 0.4) is 0 Å². The molecule has 0 heterocycles. The average molecular weight is 727 g/mol. The largest absolute Gasteiger partial charge is 0.494 e. The van der Waals surface area contributed by atoms with Gasteiger partial charge in [0.2, 0.25) is 0 Å². The lowest BCUT2D eigenvalue weighted by Crippen LogP contribution is -2.08. The summed E-state index contributed by atoms with van der Waals surface area (Å²) in [5.41, 5.74) is 3.76. The molecule has 294 valence electrons. The third-order valence-corrected chi connectivity index (χ3v) is 10.5. The lowest BCUT2D eigenvalue weighted by molar-refractivity contribution is 0.0627. The maximum absolute atomic E-state index is 12.9. The molecular weight excluding hydrogens is 653 g/mol. The van der Waals surface area contributed by atoms with Crippen LogP contribution < -0.4 is 9.47 Å². The van der Waals surface area contributed by atoms with Gasteiger partial charge in [0.25, 0.3) is 0 Å². The van der Waals surface area contributed by atoms with Crippen LogP contribution in [-0.2, 0) is 4.74 Å². The van der Waals surface area contributed by atoms with E-state index in [9.17, 15) is 4.79 Å². The first-order valence-electron chi connectivity index (χ1n) is 21.9. The smallest absolute Gasteiger partial charge is 0.343 e. The molecule has 4 heteroatoms. The van der Waals surface area contributed by atoms with Crippen molar-refractivity contribution in [1.82, 2.24) is 0 Å². The summed E-state index contributed by atoms with van der Waals surface area (Å²) >= 11 is 0. The summed E-state index contributed by atoms with van der Waals surface area (Å²) in [7, 11) is 0. The Labute approximate surface area is 324 Å². The van der Waals surface area contributed by atoms with E-state index in [1.165, 1.54) is 141 Å². The van der Waals surface area contributed by atoms with Crippen molar-refractivity contribution < 1.29 is 19.0 Å². The van der Waals surface area contributed by atoms with Gasteiger partial charge in [-0.05, 0) is 72.9 Å². The first-order chi connectivity index (χ1) is 26.1. The van der Waals surface area contributed by atoms with Crippen molar-refractivity contribution in [1.29, 1.82) is 0 Å². The molecule has 0 bridgehead atoms. The second-order valence-electron chi connectivity index (χ2n) is 15.2. The fourth-order valence-corrected chi connectivity index (χ4v) is 6.95. The molecule has 3 aromatic rings. The monoisotopic (exact) mass is 727 g/mol. The van der Waals surface area contributed by atoms with E-state index in [1.54, 1.807) is 0 Å². The van der Waals surface area contributed by atoms with Crippen molar-refractivity contribution >= 4 is 5.97 Å². The van der Waals surface area contributed by atoms with Gasteiger partial charge in [-0.15, -0.1) is 0 Å². The van der Waals surface area contributed by atoms with Crippen molar-refractivity contribution in [2.24, 2.45) is 0 Å². The molecule has 0 aliphatic carbocycles. The number of unbranched alkanes of at least 4 members (excludes halogenated alkanes) is 22. The average Bonchev–Trinajstić information content (AvgIpc) is 3.19. The molecule has 1 atom stereocenters. The number of benzene rings is 3. The molecule has 3 aromatic carbocycles. The number of carbonyl (C=O) groups excluding carboxylic acids is 1. The second-order valence-corrected chi connectivity index (χ2v) is 15.2.